The molecule has 9 nitrogen and oxygen atoms in total. The minimum absolute atomic E-state index is 0.000839. The zero-order valence-electron chi connectivity index (χ0n) is 19.2. The van der Waals surface area contributed by atoms with Crippen molar-refractivity contribution in [1.29, 1.82) is 5.26 Å². The highest BCUT2D eigenvalue weighted by atomic mass is 16.3. The van der Waals surface area contributed by atoms with Gasteiger partial charge in [-0.25, -0.2) is 15.0 Å². The van der Waals surface area contributed by atoms with Crippen molar-refractivity contribution >= 4 is 23.7 Å². The quantitative estimate of drug-likeness (QED) is 0.645. The van der Waals surface area contributed by atoms with Crippen LogP contribution < -0.4 is 10.6 Å². The third-order valence-corrected chi connectivity index (χ3v) is 6.90. The second-order valence-corrected chi connectivity index (χ2v) is 9.33. The first-order valence-corrected chi connectivity index (χ1v) is 11.9. The van der Waals surface area contributed by atoms with Gasteiger partial charge in [-0.3, -0.25) is 4.79 Å². The van der Waals surface area contributed by atoms with Crippen LogP contribution in [0.2, 0.25) is 0 Å². The molecule has 0 radical (unpaired) electrons. The predicted octanol–water partition coefficient (Wildman–Crippen LogP) is 2.32. The number of hydrogen-bond acceptors (Lipinski definition) is 8. The summed E-state index contributed by atoms with van der Waals surface area (Å²) in [6.07, 6.45) is 6.09. The van der Waals surface area contributed by atoms with Crippen LogP contribution >= 0.6 is 0 Å². The van der Waals surface area contributed by atoms with Gasteiger partial charge >= 0.3 is 0 Å². The van der Waals surface area contributed by atoms with Gasteiger partial charge in [0, 0.05) is 37.5 Å². The molecule has 176 valence electrons. The maximum Gasteiger partial charge on any atom is 0.225 e. The van der Waals surface area contributed by atoms with Gasteiger partial charge in [-0.05, 0) is 49.8 Å². The van der Waals surface area contributed by atoms with E-state index in [1.165, 1.54) is 0 Å². The van der Waals surface area contributed by atoms with Crippen LogP contribution in [-0.2, 0) is 4.79 Å². The smallest absolute Gasteiger partial charge is 0.225 e. The lowest BCUT2D eigenvalue weighted by Gasteiger charge is -2.42. The van der Waals surface area contributed by atoms with Gasteiger partial charge in [0.15, 0.2) is 0 Å². The number of rotatable bonds is 7. The SMILES string of the molecule is C=Cc1cc(-c2cc(C#N)c(N3CCN(C(=O)CCO)[C@H](C4CC4)C3)nc2C2CC2)nc(N)n1. The zero-order chi connectivity index (χ0) is 23.8. The van der Waals surface area contributed by atoms with E-state index in [4.69, 9.17) is 10.7 Å². The number of hydrogen-bond donors (Lipinski definition) is 2. The van der Waals surface area contributed by atoms with Gasteiger partial charge in [0.2, 0.25) is 11.9 Å². The molecule has 2 aliphatic carbocycles. The summed E-state index contributed by atoms with van der Waals surface area (Å²) in [5.74, 6) is 1.64. The lowest BCUT2D eigenvalue weighted by atomic mass is 10.0. The molecule has 2 aromatic heterocycles. The van der Waals surface area contributed by atoms with E-state index < -0.39 is 0 Å². The maximum absolute atomic E-state index is 12.6. The predicted molar refractivity (Wildman–Crippen MR) is 129 cm³/mol. The molecule has 2 aromatic rings. The van der Waals surface area contributed by atoms with Crippen molar-refractivity contribution in [2.45, 2.75) is 44.1 Å². The summed E-state index contributed by atoms with van der Waals surface area (Å²) < 4.78 is 0. The Labute approximate surface area is 198 Å². The Hall–Kier alpha value is -3.51. The molecular formula is C25H29N7O2. The Morgan fingerprint density at radius 1 is 1.24 bits per heavy atom. The Bertz CT molecular complexity index is 1170. The van der Waals surface area contributed by atoms with E-state index in [0.717, 1.165) is 36.9 Å². The molecular weight excluding hydrogens is 430 g/mol. The summed E-state index contributed by atoms with van der Waals surface area (Å²) in [5, 5.41) is 19.3. The fourth-order valence-electron chi connectivity index (χ4n) is 4.88. The van der Waals surface area contributed by atoms with E-state index >= 15 is 0 Å². The van der Waals surface area contributed by atoms with E-state index in [1.54, 1.807) is 6.08 Å². The largest absolute Gasteiger partial charge is 0.396 e. The van der Waals surface area contributed by atoms with Crippen molar-refractivity contribution in [3.05, 3.63) is 35.7 Å². The number of aliphatic hydroxyl groups is 1. The summed E-state index contributed by atoms with van der Waals surface area (Å²) in [6, 6.07) is 6.12. The van der Waals surface area contributed by atoms with Crippen molar-refractivity contribution in [1.82, 2.24) is 19.9 Å². The van der Waals surface area contributed by atoms with Gasteiger partial charge in [-0.1, -0.05) is 6.58 Å². The van der Waals surface area contributed by atoms with Gasteiger partial charge in [0.1, 0.15) is 11.9 Å². The molecule has 1 atom stereocenters. The number of nitrogens with two attached hydrogens (primary N) is 1. The standard InChI is InChI=1S/C25H29N7O2/c1-2-18-12-20(29-25(27)28-18)19-11-17(13-26)24(30-23(19)16-5-6-16)31-8-9-32(22(34)7-10-33)21(14-31)15-3-4-15/h2,11-12,15-16,21,33H,1,3-10,14H2,(H2,27,28,29)/t21-/m0/s1. The van der Waals surface area contributed by atoms with E-state index in [-0.39, 0.29) is 30.9 Å². The summed E-state index contributed by atoms with van der Waals surface area (Å²) >= 11 is 0. The highest BCUT2D eigenvalue weighted by Gasteiger charge is 2.41. The van der Waals surface area contributed by atoms with Crippen LogP contribution in [0.5, 0.6) is 0 Å². The first-order valence-electron chi connectivity index (χ1n) is 11.9. The second-order valence-electron chi connectivity index (χ2n) is 9.33. The molecule has 3 heterocycles. The molecule has 1 saturated heterocycles. The Morgan fingerprint density at radius 3 is 2.68 bits per heavy atom. The van der Waals surface area contributed by atoms with Gasteiger partial charge in [-0.15, -0.1) is 0 Å². The molecule has 2 saturated carbocycles. The summed E-state index contributed by atoms with van der Waals surface area (Å²) in [6.45, 7) is 5.46. The Balaban J connectivity index is 1.51. The fourth-order valence-corrected chi connectivity index (χ4v) is 4.88. The highest BCUT2D eigenvalue weighted by Crippen LogP contribution is 2.45. The number of anilines is 2. The van der Waals surface area contributed by atoms with Crippen LogP contribution in [0, 0.1) is 17.2 Å². The van der Waals surface area contributed by atoms with E-state index in [9.17, 15) is 15.2 Å². The highest BCUT2D eigenvalue weighted by molar-refractivity contribution is 5.77. The molecule has 9 heteroatoms. The third-order valence-electron chi connectivity index (χ3n) is 6.90. The summed E-state index contributed by atoms with van der Waals surface area (Å²) in [7, 11) is 0. The summed E-state index contributed by atoms with van der Waals surface area (Å²) in [4.78, 5) is 30.3. The van der Waals surface area contributed by atoms with Crippen molar-refractivity contribution in [3.8, 4) is 17.3 Å². The third kappa shape index (κ3) is 4.33. The van der Waals surface area contributed by atoms with Crippen LogP contribution in [0.25, 0.3) is 17.3 Å². The number of aliphatic hydroxyl groups excluding tert-OH is 1. The number of nitriles is 1. The van der Waals surface area contributed by atoms with Crippen molar-refractivity contribution < 1.29 is 9.90 Å². The van der Waals surface area contributed by atoms with Crippen LogP contribution in [-0.4, -0.2) is 63.1 Å². The molecule has 0 aromatic carbocycles. The molecule has 3 aliphatic rings. The van der Waals surface area contributed by atoms with Crippen LogP contribution in [0.15, 0.2) is 18.7 Å². The minimum Gasteiger partial charge on any atom is -0.396 e. The maximum atomic E-state index is 12.6. The number of pyridine rings is 1. The van der Waals surface area contributed by atoms with Gasteiger partial charge in [0.25, 0.3) is 0 Å². The molecule has 0 unspecified atom stereocenters. The molecule has 0 bridgehead atoms. The van der Waals surface area contributed by atoms with Crippen LogP contribution in [0.3, 0.4) is 0 Å². The molecule has 1 amide bonds. The van der Waals surface area contributed by atoms with E-state index in [2.05, 4.69) is 27.5 Å². The monoisotopic (exact) mass is 459 g/mol. The lowest BCUT2D eigenvalue weighted by Crippen LogP contribution is -2.56. The molecule has 3 N–H and O–H groups in total. The Kier molecular flexibility index (Phi) is 5.92. The number of carbonyl (C=O) groups excluding carboxylic acids is 1. The van der Waals surface area contributed by atoms with Crippen molar-refractivity contribution in [2.24, 2.45) is 5.92 Å². The molecule has 34 heavy (non-hydrogen) atoms. The van der Waals surface area contributed by atoms with Crippen LogP contribution in [0.4, 0.5) is 11.8 Å². The molecule has 0 spiro atoms. The number of nitrogens with zero attached hydrogens (tertiary/aromatic N) is 6. The average Bonchev–Trinajstić information content (AvgIpc) is 3.76. The van der Waals surface area contributed by atoms with E-state index in [0.29, 0.717) is 54.2 Å². The first-order chi connectivity index (χ1) is 16.5. The first kappa shape index (κ1) is 22.3. The number of aromatic nitrogens is 3. The molecule has 3 fully saturated rings. The van der Waals surface area contributed by atoms with Gasteiger partial charge < -0.3 is 20.6 Å². The normalized spacial score (nSPS) is 20.2. The minimum atomic E-state index is -0.135. The van der Waals surface area contributed by atoms with Crippen LogP contribution in [0.1, 0.15) is 55.0 Å². The number of amides is 1. The zero-order valence-corrected chi connectivity index (χ0v) is 19.2. The molecule has 5 rings (SSSR count). The number of nitrogen functional groups attached to an aromatic ring is 1. The van der Waals surface area contributed by atoms with Crippen molar-refractivity contribution in [3.63, 3.8) is 0 Å². The average molecular weight is 460 g/mol. The summed E-state index contributed by atoms with van der Waals surface area (Å²) in [5.41, 5.74) is 9.44. The van der Waals surface area contributed by atoms with Gasteiger partial charge in [0.05, 0.1) is 35.3 Å². The molecule has 1 aliphatic heterocycles. The Morgan fingerprint density at radius 2 is 2.03 bits per heavy atom. The van der Waals surface area contributed by atoms with Gasteiger partial charge in [-0.2, -0.15) is 5.26 Å². The van der Waals surface area contributed by atoms with E-state index in [1.807, 2.05) is 17.0 Å². The second kappa shape index (κ2) is 9.03. The van der Waals surface area contributed by atoms with Crippen molar-refractivity contribution in [2.75, 3.05) is 36.9 Å². The topological polar surface area (TPSA) is 132 Å². The number of carbonyl (C=O) groups is 1. The lowest BCUT2D eigenvalue weighted by molar-refractivity contribution is -0.135. The number of piperazine rings is 1. The fraction of sp³-hybridized carbons (Fsp3) is 0.480.